The molecule has 0 amide bonds. The topological polar surface area (TPSA) is 17.3 Å². The summed E-state index contributed by atoms with van der Waals surface area (Å²) in [4.78, 5) is 4.89. The van der Waals surface area contributed by atoms with Crippen LogP contribution in [-0.2, 0) is 6.42 Å². The van der Waals surface area contributed by atoms with Crippen molar-refractivity contribution < 1.29 is 0 Å². The molecule has 0 saturated heterocycles. The Hall–Kier alpha value is -2.87. The molecule has 0 saturated carbocycles. The minimum atomic E-state index is 0.676. The standard InChI is InChI=1S/C23H22N2/c1-17(2)15-18-10-12-19(13-11-18)21-9-6-14-25-16-22(24-23(21)25)20-7-4-3-5-8-20/h3-14,16-17H,15H2,1-2H3. The zero-order valence-corrected chi connectivity index (χ0v) is 14.7. The summed E-state index contributed by atoms with van der Waals surface area (Å²) in [5.41, 5.74) is 6.91. The fraction of sp³-hybridized carbons (Fsp3) is 0.174. The molecular formula is C23H22N2. The SMILES string of the molecule is CC(C)Cc1ccc(-c2cccn3cc(-c4ccccc4)nc23)cc1. The van der Waals surface area contributed by atoms with E-state index >= 15 is 0 Å². The van der Waals surface area contributed by atoms with Gasteiger partial charge >= 0.3 is 0 Å². The Labute approximate surface area is 148 Å². The Kier molecular flexibility index (Phi) is 4.10. The van der Waals surface area contributed by atoms with Crippen LogP contribution in [0.2, 0.25) is 0 Å². The lowest BCUT2D eigenvalue weighted by Gasteiger charge is -2.07. The molecule has 25 heavy (non-hydrogen) atoms. The summed E-state index contributed by atoms with van der Waals surface area (Å²) >= 11 is 0. The fourth-order valence-electron chi connectivity index (χ4n) is 3.28. The predicted molar refractivity (Wildman–Crippen MR) is 105 cm³/mol. The van der Waals surface area contributed by atoms with Crippen LogP contribution in [0.25, 0.3) is 28.0 Å². The third-order valence-electron chi connectivity index (χ3n) is 4.46. The third-order valence-corrected chi connectivity index (χ3v) is 4.46. The molecule has 4 rings (SSSR count). The molecule has 0 aliphatic heterocycles. The molecule has 0 aliphatic rings. The molecule has 124 valence electrons. The molecule has 0 fully saturated rings. The molecule has 2 nitrogen and oxygen atoms in total. The highest BCUT2D eigenvalue weighted by molar-refractivity contribution is 5.79. The minimum absolute atomic E-state index is 0.676. The van der Waals surface area contributed by atoms with Crippen molar-refractivity contribution >= 4 is 5.65 Å². The van der Waals surface area contributed by atoms with Crippen LogP contribution in [0.4, 0.5) is 0 Å². The van der Waals surface area contributed by atoms with Crippen molar-refractivity contribution in [3.05, 3.63) is 84.7 Å². The Morgan fingerprint density at radius 1 is 0.840 bits per heavy atom. The second-order valence-electron chi connectivity index (χ2n) is 6.94. The zero-order valence-electron chi connectivity index (χ0n) is 14.7. The number of nitrogens with zero attached hydrogens (tertiary/aromatic N) is 2. The van der Waals surface area contributed by atoms with Gasteiger partial charge in [0.15, 0.2) is 0 Å². The zero-order chi connectivity index (χ0) is 17.2. The molecule has 0 aliphatic carbocycles. The first-order valence-electron chi connectivity index (χ1n) is 8.83. The summed E-state index contributed by atoms with van der Waals surface area (Å²) in [7, 11) is 0. The Balaban J connectivity index is 1.76. The van der Waals surface area contributed by atoms with Gasteiger partial charge in [-0.25, -0.2) is 4.98 Å². The maximum absolute atomic E-state index is 4.89. The summed E-state index contributed by atoms with van der Waals surface area (Å²) < 4.78 is 2.11. The maximum atomic E-state index is 4.89. The molecule has 2 heteroatoms. The number of hydrogen-bond donors (Lipinski definition) is 0. The van der Waals surface area contributed by atoms with E-state index in [9.17, 15) is 0 Å². The molecule has 0 bridgehead atoms. The molecule has 0 spiro atoms. The van der Waals surface area contributed by atoms with E-state index in [4.69, 9.17) is 4.98 Å². The van der Waals surface area contributed by atoms with Crippen LogP contribution in [-0.4, -0.2) is 9.38 Å². The molecule has 2 heterocycles. The van der Waals surface area contributed by atoms with Crippen molar-refractivity contribution in [3.8, 4) is 22.4 Å². The van der Waals surface area contributed by atoms with Crippen molar-refractivity contribution in [2.24, 2.45) is 5.92 Å². The van der Waals surface area contributed by atoms with Crippen molar-refractivity contribution in [1.82, 2.24) is 9.38 Å². The van der Waals surface area contributed by atoms with E-state index in [1.54, 1.807) is 0 Å². The van der Waals surface area contributed by atoms with E-state index in [2.05, 4.69) is 79.2 Å². The van der Waals surface area contributed by atoms with Crippen LogP contribution in [0.1, 0.15) is 19.4 Å². The molecule has 2 aromatic heterocycles. The monoisotopic (exact) mass is 326 g/mol. The van der Waals surface area contributed by atoms with Gasteiger partial charge in [-0.2, -0.15) is 0 Å². The summed E-state index contributed by atoms with van der Waals surface area (Å²) in [6.07, 6.45) is 5.28. The summed E-state index contributed by atoms with van der Waals surface area (Å²) in [5, 5.41) is 0. The summed E-state index contributed by atoms with van der Waals surface area (Å²) in [6, 6.07) is 23.5. The lowest BCUT2D eigenvalue weighted by Crippen LogP contribution is -1.94. The van der Waals surface area contributed by atoms with Crippen molar-refractivity contribution in [2.45, 2.75) is 20.3 Å². The van der Waals surface area contributed by atoms with E-state index in [-0.39, 0.29) is 0 Å². The van der Waals surface area contributed by atoms with Gasteiger partial charge in [-0.15, -0.1) is 0 Å². The quantitative estimate of drug-likeness (QED) is 0.458. The molecule has 0 N–H and O–H groups in total. The molecule has 2 aromatic carbocycles. The van der Waals surface area contributed by atoms with Gasteiger partial charge in [-0.1, -0.05) is 68.4 Å². The van der Waals surface area contributed by atoms with Gasteiger partial charge in [-0.05, 0) is 35.6 Å². The van der Waals surface area contributed by atoms with Gasteiger partial charge in [0.25, 0.3) is 0 Å². The Morgan fingerprint density at radius 2 is 1.60 bits per heavy atom. The lowest BCUT2D eigenvalue weighted by molar-refractivity contribution is 0.647. The average molecular weight is 326 g/mol. The number of hydrogen-bond acceptors (Lipinski definition) is 1. The van der Waals surface area contributed by atoms with Crippen molar-refractivity contribution in [1.29, 1.82) is 0 Å². The number of pyridine rings is 1. The largest absolute Gasteiger partial charge is 0.306 e. The van der Waals surface area contributed by atoms with Gasteiger partial charge < -0.3 is 4.40 Å². The molecular weight excluding hydrogens is 304 g/mol. The Bertz CT molecular complexity index is 980. The highest BCUT2D eigenvalue weighted by atomic mass is 15.0. The van der Waals surface area contributed by atoms with Gasteiger partial charge in [-0.3, -0.25) is 0 Å². The first-order chi connectivity index (χ1) is 12.2. The second kappa shape index (κ2) is 6.56. The Morgan fingerprint density at radius 3 is 2.32 bits per heavy atom. The molecule has 0 unspecified atom stereocenters. The van der Waals surface area contributed by atoms with E-state index in [1.165, 1.54) is 16.7 Å². The van der Waals surface area contributed by atoms with Crippen molar-refractivity contribution in [3.63, 3.8) is 0 Å². The van der Waals surface area contributed by atoms with E-state index < -0.39 is 0 Å². The van der Waals surface area contributed by atoms with Crippen LogP contribution in [0.15, 0.2) is 79.1 Å². The fourth-order valence-corrected chi connectivity index (χ4v) is 3.28. The molecule has 0 radical (unpaired) electrons. The van der Waals surface area contributed by atoms with Gasteiger partial charge in [0.2, 0.25) is 0 Å². The van der Waals surface area contributed by atoms with Gasteiger partial charge in [0, 0.05) is 23.5 Å². The number of imidazole rings is 1. The first-order valence-corrected chi connectivity index (χ1v) is 8.83. The number of fused-ring (bicyclic) bond motifs is 1. The first kappa shape index (κ1) is 15.6. The second-order valence-corrected chi connectivity index (χ2v) is 6.94. The van der Waals surface area contributed by atoms with E-state index in [0.29, 0.717) is 5.92 Å². The normalized spacial score (nSPS) is 11.3. The maximum Gasteiger partial charge on any atom is 0.145 e. The molecule has 0 atom stereocenters. The summed E-state index contributed by atoms with van der Waals surface area (Å²) in [6.45, 7) is 4.51. The van der Waals surface area contributed by atoms with Gasteiger partial charge in [0.05, 0.1) is 5.69 Å². The highest BCUT2D eigenvalue weighted by Crippen LogP contribution is 2.27. The van der Waals surface area contributed by atoms with Gasteiger partial charge in [0.1, 0.15) is 5.65 Å². The number of rotatable bonds is 4. The summed E-state index contributed by atoms with van der Waals surface area (Å²) in [5.74, 6) is 0.676. The van der Waals surface area contributed by atoms with Crippen LogP contribution >= 0.6 is 0 Å². The van der Waals surface area contributed by atoms with Crippen LogP contribution in [0, 0.1) is 5.92 Å². The minimum Gasteiger partial charge on any atom is -0.306 e. The smallest absolute Gasteiger partial charge is 0.145 e. The van der Waals surface area contributed by atoms with E-state index in [0.717, 1.165) is 23.3 Å². The van der Waals surface area contributed by atoms with Crippen LogP contribution < -0.4 is 0 Å². The third kappa shape index (κ3) is 3.20. The van der Waals surface area contributed by atoms with Crippen LogP contribution in [0.3, 0.4) is 0 Å². The lowest BCUT2D eigenvalue weighted by atomic mass is 9.99. The molecule has 4 aromatic rings. The van der Waals surface area contributed by atoms with Crippen LogP contribution in [0.5, 0.6) is 0 Å². The highest BCUT2D eigenvalue weighted by Gasteiger charge is 2.09. The predicted octanol–water partition coefficient (Wildman–Crippen LogP) is 5.87. The van der Waals surface area contributed by atoms with E-state index in [1.807, 2.05) is 18.2 Å². The van der Waals surface area contributed by atoms with Crippen molar-refractivity contribution in [2.75, 3.05) is 0 Å². The number of benzene rings is 2. The number of aromatic nitrogens is 2. The average Bonchev–Trinajstić information content (AvgIpc) is 3.07.